The zero-order chi connectivity index (χ0) is 23.2. The van der Waals surface area contributed by atoms with Crippen LogP contribution in [0.25, 0.3) is 10.9 Å². The maximum absolute atomic E-state index is 13.7. The van der Waals surface area contributed by atoms with Gasteiger partial charge in [-0.2, -0.15) is 0 Å². The number of aryl methyl sites for hydroxylation is 1. The average molecular weight is 445 g/mol. The largest absolute Gasteiger partial charge is 0.483 e. The van der Waals surface area contributed by atoms with Crippen LogP contribution in [0.5, 0.6) is 5.75 Å². The molecule has 0 radical (unpaired) electrons. The molecule has 1 heterocycles. The smallest absolute Gasteiger partial charge is 0.262 e. The Morgan fingerprint density at radius 3 is 2.58 bits per heavy atom. The highest BCUT2D eigenvalue weighted by Gasteiger charge is 2.15. The molecule has 2 N–H and O–H groups in total. The van der Waals surface area contributed by atoms with Crippen LogP contribution in [0.1, 0.15) is 23.7 Å². The Bertz CT molecular complexity index is 1300. The average Bonchev–Trinajstić information content (AvgIpc) is 3.21. The second kappa shape index (κ2) is 9.99. The zero-order valence-corrected chi connectivity index (χ0v) is 18.2. The summed E-state index contributed by atoms with van der Waals surface area (Å²) in [5.74, 6) is -1.16. The monoisotopic (exact) mass is 445 g/mol. The number of amides is 2. The SMILES string of the molecule is CCCn1ccc2cc(NC(=O)c3ccccc3OCC(=O)Nc3ccccc3F)ccc21. The quantitative estimate of drug-likeness (QED) is 0.378. The van der Waals surface area contributed by atoms with E-state index in [2.05, 4.69) is 22.1 Å². The van der Waals surface area contributed by atoms with Gasteiger partial charge in [-0.3, -0.25) is 9.59 Å². The van der Waals surface area contributed by atoms with Crippen LogP contribution in [0, 0.1) is 5.82 Å². The van der Waals surface area contributed by atoms with E-state index in [1.807, 2.05) is 30.5 Å². The summed E-state index contributed by atoms with van der Waals surface area (Å²) >= 11 is 0. The number of fused-ring (bicyclic) bond motifs is 1. The predicted octanol–water partition coefficient (Wildman–Crippen LogP) is 5.46. The summed E-state index contributed by atoms with van der Waals surface area (Å²) < 4.78 is 21.5. The van der Waals surface area contributed by atoms with Crippen molar-refractivity contribution < 1.29 is 18.7 Å². The zero-order valence-electron chi connectivity index (χ0n) is 18.2. The summed E-state index contributed by atoms with van der Waals surface area (Å²) in [6, 6.07) is 20.3. The third-order valence-electron chi connectivity index (χ3n) is 5.13. The lowest BCUT2D eigenvalue weighted by atomic mass is 10.1. The Morgan fingerprint density at radius 1 is 0.970 bits per heavy atom. The van der Waals surface area contributed by atoms with Crippen LogP contribution in [0.15, 0.2) is 79.0 Å². The maximum Gasteiger partial charge on any atom is 0.262 e. The number of carbonyl (C=O) groups excluding carboxylic acids is 2. The topological polar surface area (TPSA) is 72.4 Å². The summed E-state index contributed by atoms with van der Waals surface area (Å²) in [5, 5.41) is 6.38. The van der Waals surface area contributed by atoms with Crippen LogP contribution in [-0.2, 0) is 11.3 Å². The second-order valence-corrected chi connectivity index (χ2v) is 7.55. The number of aromatic nitrogens is 1. The van der Waals surface area contributed by atoms with Crippen molar-refractivity contribution in [3.63, 3.8) is 0 Å². The molecule has 2 amide bonds. The molecule has 0 spiro atoms. The van der Waals surface area contributed by atoms with E-state index in [1.54, 1.807) is 30.3 Å². The Hall–Kier alpha value is -4.13. The van der Waals surface area contributed by atoms with E-state index in [1.165, 1.54) is 18.2 Å². The Balaban J connectivity index is 1.43. The first-order valence-electron chi connectivity index (χ1n) is 10.7. The van der Waals surface area contributed by atoms with Gasteiger partial charge in [0.15, 0.2) is 6.61 Å². The molecule has 0 unspecified atom stereocenters. The van der Waals surface area contributed by atoms with Gasteiger partial charge in [-0.15, -0.1) is 0 Å². The van der Waals surface area contributed by atoms with Crippen LogP contribution in [0.4, 0.5) is 15.8 Å². The van der Waals surface area contributed by atoms with Crippen LogP contribution in [0.3, 0.4) is 0 Å². The van der Waals surface area contributed by atoms with Gasteiger partial charge in [0, 0.05) is 29.3 Å². The number of nitrogens with one attached hydrogen (secondary N) is 2. The number of para-hydroxylation sites is 2. The van der Waals surface area contributed by atoms with Crippen molar-refractivity contribution >= 4 is 34.1 Å². The highest BCUT2D eigenvalue weighted by Crippen LogP contribution is 2.24. The maximum atomic E-state index is 13.7. The number of carbonyl (C=O) groups is 2. The van der Waals surface area contributed by atoms with Crippen molar-refractivity contribution in [1.82, 2.24) is 4.57 Å². The van der Waals surface area contributed by atoms with E-state index >= 15 is 0 Å². The normalized spacial score (nSPS) is 10.7. The summed E-state index contributed by atoms with van der Waals surface area (Å²) in [7, 11) is 0. The molecule has 3 aromatic carbocycles. The molecule has 4 rings (SSSR count). The van der Waals surface area contributed by atoms with Gasteiger partial charge in [0.05, 0.1) is 11.3 Å². The molecule has 7 heteroatoms. The Kier molecular flexibility index (Phi) is 6.69. The number of hydrogen-bond acceptors (Lipinski definition) is 3. The molecule has 0 fully saturated rings. The fraction of sp³-hybridized carbons (Fsp3) is 0.154. The lowest BCUT2D eigenvalue weighted by Crippen LogP contribution is -2.22. The summed E-state index contributed by atoms with van der Waals surface area (Å²) in [5.41, 5.74) is 2.13. The Labute approximate surface area is 191 Å². The van der Waals surface area contributed by atoms with Gasteiger partial charge in [0.1, 0.15) is 11.6 Å². The van der Waals surface area contributed by atoms with Crippen molar-refractivity contribution in [2.75, 3.05) is 17.2 Å². The number of hydrogen-bond donors (Lipinski definition) is 2. The number of benzene rings is 3. The fourth-order valence-corrected chi connectivity index (χ4v) is 3.58. The summed E-state index contributed by atoms with van der Waals surface area (Å²) in [6.07, 6.45) is 3.08. The van der Waals surface area contributed by atoms with Gasteiger partial charge in [-0.05, 0) is 55.0 Å². The highest BCUT2D eigenvalue weighted by molar-refractivity contribution is 6.07. The van der Waals surface area contributed by atoms with Crippen molar-refractivity contribution in [1.29, 1.82) is 0 Å². The number of ether oxygens (including phenoxy) is 1. The molecule has 33 heavy (non-hydrogen) atoms. The third kappa shape index (κ3) is 5.20. The first-order valence-corrected chi connectivity index (χ1v) is 10.7. The highest BCUT2D eigenvalue weighted by atomic mass is 19.1. The molecular weight excluding hydrogens is 421 g/mol. The van der Waals surface area contributed by atoms with E-state index < -0.39 is 11.7 Å². The van der Waals surface area contributed by atoms with E-state index in [0.717, 1.165) is 23.9 Å². The molecule has 0 aliphatic carbocycles. The molecular formula is C26H24FN3O3. The van der Waals surface area contributed by atoms with Gasteiger partial charge < -0.3 is 19.9 Å². The van der Waals surface area contributed by atoms with Crippen LogP contribution in [-0.4, -0.2) is 23.0 Å². The molecule has 0 atom stereocenters. The molecule has 0 aliphatic rings. The molecule has 0 saturated carbocycles. The molecule has 4 aromatic rings. The van der Waals surface area contributed by atoms with Crippen molar-refractivity contribution in [3.8, 4) is 5.75 Å². The van der Waals surface area contributed by atoms with Gasteiger partial charge in [0.2, 0.25) is 0 Å². The van der Waals surface area contributed by atoms with Gasteiger partial charge in [-0.25, -0.2) is 4.39 Å². The first-order chi connectivity index (χ1) is 16.0. The van der Waals surface area contributed by atoms with Crippen LogP contribution >= 0.6 is 0 Å². The number of nitrogens with zero attached hydrogens (tertiary/aromatic N) is 1. The summed E-state index contributed by atoms with van der Waals surface area (Å²) in [6.45, 7) is 2.70. The lowest BCUT2D eigenvalue weighted by molar-refractivity contribution is -0.118. The minimum Gasteiger partial charge on any atom is -0.483 e. The van der Waals surface area contributed by atoms with E-state index in [0.29, 0.717) is 11.3 Å². The second-order valence-electron chi connectivity index (χ2n) is 7.55. The van der Waals surface area contributed by atoms with Gasteiger partial charge in [-0.1, -0.05) is 31.2 Å². The van der Waals surface area contributed by atoms with E-state index in [9.17, 15) is 14.0 Å². The van der Waals surface area contributed by atoms with E-state index in [4.69, 9.17) is 4.74 Å². The minimum atomic E-state index is -0.535. The van der Waals surface area contributed by atoms with Gasteiger partial charge in [0.25, 0.3) is 11.8 Å². The predicted molar refractivity (Wildman–Crippen MR) is 127 cm³/mol. The third-order valence-corrected chi connectivity index (χ3v) is 5.13. The molecule has 6 nitrogen and oxygen atoms in total. The first kappa shape index (κ1) is 22.1. The number of halogens is 1. The van der Waals surface area contributed by atoms with Gasteiger partial charge >= 0.3 is 0 Å². The van der Waals surface area contributed by atoms with Crippen LogP contribution < -0.4 is 15.4 Å². The standard InChI is InChI=1S/C26H24FN3O3/c1-2-14-30-15-13-18-16-19(11-12-23(18)30)28-26(32)20-7-3-6-10-24(20)33-17-25(31)29-22-9-5-4-8-21(22)27/h3-13,15-16H,2,14,17H2,1H3,(H,28,32)(H,29,31). The van der Waals surface area contributed by atoms with Crippen molar-refractivity contribution in [2.45, 2.75) is 19.9 Å². The number of anilines is 2. The Morgan fingerprint density at radius 2 is 1.76 bits per heavy atom. The summed E-state index contributed by atoms with van der Waals surface area (Å²) in [4.78, 5) is 25.1. The molecule has 1 aromatic heterocycles. The molecule has 0 saturated heterocycles. The molecule has 168 valence electrons. The number of rotatable bonds is 8. The lowest BCUT2D eigenvalue weighted by Gasteiger charge is -2.12. The fourth-order valence-electron chi connectivity index (χ4n) is 3.58. The minimum absolute atomic E-state index is 0.0697. The van der Waals surface area contributed by atoms with Crippen molar-refractivity contribution in [2.24, 2.45) is 0 Å². The van der Waals surface area contributed by atoms with Crippen LogP contribution in [0.2, 0.25) is 0 Å². The van der Waals surface area contributed by atoms with E-state index in [-0.39, 0.29) is 24.0 Å². The molecule has 0 aliphatic heterocycles. The van der Waals surface area contributed by atoms with Crippen molar-refractivity contribution in [3.05, 3.63) is 90.4 Å². The molecule has 0 bridgehead atoms.